The number of hydrogen-bond donors (Lipinski definition) is 2. The van der Waals surface area contributed by atoms with Crippen molar-refractivity contribution in [2.75, 3.05) is 26.3 Å². The molecule has 0 amide bonds. The first kappa shape index (κ1) is 26.4. The molecule has 0 aliphatic heterocycles. The lowest BCUT2D eigenvalue weighted by Crippen LogP contribution is -2.38. The minimum absolute atomic E-state index is 0. The third-order valence-corrected chi connectivity index (χ3v) is 4.63. The summed E-state index contributed by atoms with van der Waals surface area (Å²) in [5.41, 5.74) is 2.24. The van der Waals surface area contributed by atoms with Crippen LogP contribution in [-0.2, 0) is 13.0 Å². The van der Waals surface area contributed by atoms with Crippen molar-refractivity contribution >= 4 is 29.9 Å². The highest BCUT2D eigenvalue weighted by molar-refractivity contribution is 14.0. The fourth-order valence-corrected chi connectivity index (χ4v) is 3.18. The second-order valence-electron chi connectivity index (χ2n) is 6.99. The molecule has 0 aliphatic carbocycles. The van der Waals surface area contributed by atoms with E-state index in [9.17, 15) is 0 Å². The van der Waals surface area contributed by atoms with Gasteiger partial charge in [0, 0.05) is 31.7 Å². The van der Waals surface area contributed by atoms with Crippen LogP contribution in [0.1, 0.15) is 31.9 Å². The van der Waals surface area contributed by atoms with Gasteiger partial charge in [-0.15, -0.1) is 24.0 Å². The molecule has 0 saturated carbocycles. The van der Waals surface area contributed by atoms with E-state index in [1.54, 1.807) is 17.1 Å². The zero-order valence-corrected chi connectivity index (χ0v) is 21.8. The number of aliphatic imine (C=N–C) groups is 1. The highest BCUT2D eigenvalue weighted by Crippen LogP contribution is 2.28. The van der Waals surface area contributed by atoms with Gasteiger partial charge in [-0.3, -0.25) is 0 Å². The quantitative estimate of drug-likeness (QED) is 0.208. The number of ether oxygens (including phenoxy) is 2. The van der Waals surface area contributed by atoms with Crippen molar-refractivity contribution in [2.24, 2.45) is 4.99 Å². The van der Waals surface area contributed by atoms with Gasteiger partial charge in [0.05, 0.1) is 19.8 Å². The zero-order chi connectivity index (χ0) is 22.6. The molecule has 0 radical (unpaired) electrons. The van der Waals surface area contributed by atoms with Crippen LogP contribution >= 0.6 is 24.0 Å². The van der Waals surface area contributed by atoms with E-state index in [-0.39, 0.29) is 24.0 Å². The number of rotatable bonds is 11. The van der Waals surface area contributed by atoms with Gasteiger partial charge >= 0.3 is 0 Å². The van der Waals surface area contributed by atoms with Crippen LogP contribution in [0.4, 0.5) is 0 Å². The first-order chi connectivity index (χ1) is 15.7. The third-order valence-electron chi connectivity index (χ3n) is 4.63. The minimum atomic E-state index is 0. The van der Waals surface area contributed by atoms with Gasteiger partial charge in [-0.1, -0.05) is 6.07 Å². The summed E-state index contributed by atoms with van der Waals surface area (Å²) in [6.07, 6.45) is 6.24. The van der Waals surface area contributed by atoms with Gasteiger partial charge < -0.3 is 20.1 Å². The van der Waals surface area contributed by atoms with Crippen LogP contribution < -0.4 is 20.1 Å². The molecule has 2 N–H and O–H groups in total. The van der Waals surface area contributed by atoms with E-state index in [1.165, 1.54) is 5.56 Å². The van der Waals surface area contributed by atoms with Crippen LogP contribution in [0.5, 0.6) is 11.5 Å². The molecule has 1 aromatic carbocycles. The maximum absolute atomic E-state index is 5.73. The molecule has 0 saturated heterocycles. The molecular formula is C24H33IN6O2. The van der Waals surface area contributed by atoms with E-state index in [1.807, 2.05) is 50.4 Å². The Hall–Kier alpha value is -2.82. The Bertz CT molecular complexity index is 994. The van der Waals surface area contributed by atoms with E-state index in [0.717, 1.165) is 48.4 Å². The zero-order valence-electron chi connectivity index (χ0n) is 19.5. The second kappa shape index (κ2) is 14.4. The molecule has 8 nitrogen and oxygen atoms in total. The van der Waals surface area contributed by atoms with E-state index in [4.69, 9.17) is 14.5 Å². The summed E-state index contributed by atoms with van der Waals surface area (Å²) in [5.74, 6) is 3.13. The maximum Gasteiger partial charge on any atom is 0.191 e. The number of nitrogens with zero attached hydrogens (tertiary/aromatic N) is 4. The number of nitrogens with one attached hydrogen (secondary N) is 2. The highest BCUT2D eigenvalue weighted by Gasteiger charge is 2.07. The molecular weight excluding hydrogens is 531 g/mol. The fraction of sp³-hybridized carbons (Fsp3) is 0.375. The van der Waals surface area contributed by atoms with Crippen molar-refractivity contribution in [2.45, 2.75) is 33.7 Å². The Morgan fingerprint density at radius 2 is 1.79 bits per heavy atom. The molecule has 33 heavy (non-hydrogen) atoms. The fourth-order valence-electron chi connectivity index (χ4n) is 3.18. The lowest BCUT2D eigenvalue weighted by atomic mass is 10.1. The maximum atomic E-state index is 5.73. The summed E-state index contributed by atoms with van der Waals surface area (Å²) in [4.78, 5) is 9.08. The Balaban J connectivity index is 0.00000385. The number of halogens is 1. The predicted octanol–water partition coefficient (Wildman–Crippen LogP) is 3.98. The average molecular weight is 564 g/mol. The topological polar surface area (TPSA) is 85.6 Å². The highest BCUT2D eigenvalue weighted by atomic mass is 127. The molecule has 9 heteroatoms. The van der Waals surface area contributed by atoms with Crippen molar-refractivity contribution in [1.29, 1.82) is 0 Å². The summed E-state index contributed by atoms with van der Waals surface area (Å²) in [6.45, 7) is 9.31. The molecule has 0 atom stereocenters. The molecule has 3 rings (SSSR count). The van der Waals surface area contributed by atoms with Gasteiger partial charge in [0.2, 0.25) is 0 Å². The lowest BCUT2D eigenvalue weighted by Gasteiger charge is -2.14. The van der Waals surface area contributed by atoms with Gasteiger partial charge in [-0.25, -0.2) is 14.7 Å². The van der Waals surface area contributed by atoms with Gasteiger partial charge in [0.15, 0.2) is 23.3 Å². The van der Waals surface area contributed by atoms with Gasteiger partial charge in [0.1, 0.15) is 0 Å². The van der Waals surface area contributed by atoms with Crippen LogP contribution in [0, 0.1) is 0 Å². The summed E-state index contributed by atoms with van der Waals surface area (Å²) < 4.78 is 13.1. The van der Waals surface area contributed by atoms with E-state index in [0.29, 0.717) is 19.8 Å². The number of hydrogen-bond acceptors (Lipinski definition) is 5. The lowest BCUT2D eigenvalue weighted by molar-refractivity contribution is 0.287. The van der Waals surface area contributed by atoms with E-state index in [2.05, 4.69) is 33.7 Å². The van der Waals surface area contributed by atoms with Crippen LogP contribution in [0.2, 0.25) is 0 Å². The molecule has 0 spiro atoms. The molecule has 2 aromatic heterocycles. The smallest absolute Gasteiger partial charge is 0.191 e. The Morgan fingerprint density at radius 1 is 0.970 bits per heavy atom. The number of guanidine groups is 1. The van der Waals surface area contributed by atoms with Crippen LogP contribution in [0.15, 0.2) is 60.0 Å². The first-order valence-electron chi connectivity index (χ1n) is 11.1. The predicted molar refractivity (Wildman–Crippen MR) is 142 cm³/mol. The molecule has 2 heterocycles. The summed E-state index contributed by atoms with van der Waals surface area (Å²) in [7, 11) is 0. The van der Waals surface area contributed by atoms with Crippen molar-refractivity contribution in [1.82, 2.24) is 25.4 Å². The van der Waals surface area contributed by atoms with Crippen LogP contribution in [0.25, 0.3) is 5.82 Å². The number of aromatic nitrogens is 3. The van der Waals surface area contributed by atoms with Crippen LogP contribution in [0.3, 0.4) is 0 Å². The Labute approximate surface area is 212 Å². The number of pyridine rings is 1. The summed E-state index contributed by atoms with van der Waals surface area (Å²) in [6, 6.07) is 11.9. The van der Waals surface area contributed by atoms with Crippen molar-refractivity contribution in [3.63, 3.8) is 0 Å². The monoisotopic (exact) mass is 564 g/mol. The Morgan fingerprint density at radius 3 is 2.52 bits per heavy atom. The third kappa shape index (κ3) is 8.23. The van der Waals surface area contributed by atoms with Crippen molar-refractivity contribution < 1.29 is 9.47 Å². The second-order valence-corrected chi connectivity index (χ2v) is 6.99. The minimum Gasteiger partial charge on any atom is -0.490 e. The van der Waals surface area contributed by atoms with E-state index >= 15 is 0 Å². The molecule has 0 aliphatic rings. The average Bonchev–Trinajstić information content (AvgIpc) is 3.35. The van der Waals surface area contributed by atoms with Gasteiger partial charge in [-0.2, -0.15) is 5.10 Å². The van der Waals surface area contributed by atoms with Crippen LogP contribution in [-0.4, -0.2) is 47.0 Å². The van der Waals surface area contributed by atoms with Gasteiger partial charge in [0.25, 0.3) is 0 Å². The van der Waals surface area contributed by atoms with E-state index < -0.39 is 0 Å². The molecule has 3 aromatic rings. The largest absolute Gasteiger partial charge is 0.490 e. The molecule has 0 unspecified atom stereocenters. The normalized spacial score (nSPS) is 10.9. The SMILES string of the molecule is CCNC(=NCc1ccnc(-n2cccn2)c1)NCCc1ccc(OCC)c(OCC)c1.I. The summed E-state index contributed by atoms with van der Waals surface area (Å²) >= 11 is 0. The number of benzene rings is 1. The standard InChI is InChI=1S/C24H32N6O2.HI/c1-4-25-24(28-18-20-11-13-26-23(17-20)30-15-7-12-29-30)27-14-10-19-8-9-21(31-5-2)22(16-19)32-6-3;/h7-9,11-13,15-17H,4-6,10,14,18H2,1-3H3,(H2,25,27,28);1H. The molecule has 178 valence electrons. The Kier molecular flexibility index (Phi) is 11.5. The molecule has 0 bridgehead atoms. The summed E-state index contributed by atoms with van der Waals surface area (Å²) in [5, 5.41) is 10.9. The van der Waals surface area contributed by atoms with Gasteiger partial charge in [-0.05, 0) is 68.7 Å². The first-order valence-corrected chi connectivity index (χ1v) is 11.1. The van der Waals surface area contributed by atoms with Crippen molar-refractivity contribution in [3.8, 4) is 17.3 Å². The molecule has 0 fully saturated rings. The van der Waals surface area contributed by atoms with Crippen molar-refractivity contribution in [3.05, 3.63) is 66.1 Å².